The fourth-order valence-corrected chi connectivity index (χ4v) is 2.39. The van der Waals surface area contributed by atoms with Gasteiger partial charge < -0.3 is 5.73 Å². The van der Waals surface area contributed by atoms with Crippen LogP contribution in [0, 0.1) is 0 Å². The summed E-state index contributed by atoms with van der Waals surface area (Å²) >= 11 is 0. The molecule has 0 saturated heterocycles. The highest BCUT2D eigenvalue weighted by atomic mass is 32.2. The van der Waals surface area contributed by atoms with Gasteiger partial charge in [0.25, 0.3) is 15.6 Å². The minimum absolute atomic E-state index is 0.0159. The van der Waals surface area contributed by atoms with Crippen LogP contribution in [0.3, 0.4) is 0 Å². The van der Waals surface area contributed by atoms with E-state index in [-0.39, 0.29) is 16.5 Å². The van der Waals surface area contributed by atoms with E-state index in [0.29, 0.717) is 0 Å². The lowest BCUT2D eigenvalue weighted by molar-refractivity contribution is 0.601. The van der Waals surface area contributed by atoms with E-state index in [0.717, 1.165) is 6.07 Å². The molecule has 18 heavy (non-hydrogen) atoms. The zero-order valence-corrected chi connectivity index (χ0v) is 10.1. The number of hydrogen-bond donors (Lipinski definition) is 3. The molecular weight excluding hydrogens is 260 g/mol. The Morgan fingerprint density at radius 3 is 2.67 bits per heavy atom. The summed E-state index contributed by atoms with van der Waals surface area (Å²) in [7, 11) is -2.33. The molecule has 0 fully saturated rings. The zero-order valence-electron chi connectivity index (χ0n) is 9.28. The van der Waals surface area contributed by atoms with Crippen LogP contribution >= 0.6 is 0 Å². The van der Waals surface area contributed by atoms with Gasteiger partial charge in [0.15, 0.2) is 11.6 Å². The third-order valence-electron chi connectivity index (χ3n) is 2.03. The predicted molar refractivity (Wildman–Crippen MR) is 63.3 cm³/mol. The van der Waals surface area contributed by atoms with Crippen molar-refractivity contribution in [3.63, 3.8) is 0 Å². The standard InChI is InChI=1S/C8H10N6O3S/c1-14-4-5(8(9)12-14)18(16,17)13-6-2-3-7(15)11-10-6/h2-4H,1H3,(H2,9,12)(H,10,13)(H,11,15). The Bertz CT molecular complexity index is 711. The number of aryl methyl sites for hydroxylation is 1. The summed E-state index contributed by atoms with van der Waals surface area (Å²) < 4.78 is 27.3. The van der Waals surface area contributed by atoms with Crippen molar-refractivity contribution in [2.24, 2.45) is 7.05 Å². The van der Waals surface area contributed by atoms with Crippen molar-refractivity contribution in [3.8, 4) is 0 Å². The molecule has 0 atom stereocenters. The molecule has 0 radical (unpaired) electrons. The molecular formula is C8H10N6O3S. The lowest BCUT2D eigenvalue weighted by atomic mass is 10.5. The van der Waals surface area contributed by atoms with Crippen LogP contribution < -0.4 is 16.0 Å². The first-order chi connectivity index (χ1) is 8.38. The van der Waals surface area contributed by atoms with Crippen LogP contribution in [0.4, 0.5) is 11.6 Å². The van der Waals surface area contributed by atoms with Gasteiger partial charge in [-0.1, -0.05) is 0 Å². The Hall–Kier alpha value is -2.36. The Morgan fingerprint density at radius 2 is 2.17 bits per heavy atom. The molecule has 0 spiro atoms. The highest BCUT2D eigenvalue weighted by molar-refractivity contribution is 7.92. The summed E-state index contributed by atoms with van der Waals surface area (Å²) in [6.45, 7) is 0. The molecule has 2 rings (SSSR count). The highest BCUT2D eigenvalue weighted by Crippen LogP contribution is 2.18. The van der Waals surface area contributed by atoms with Gasteiger partial charge in [-0.05, 0) is 6.07 Å². The van der Waals surface area contributed by atoms with E-state index >= 15 is 0 Å². The summed E-state index contributed by atoms with van der Waals surface area (Å²) in [4.78, 5) is 10.6. The number of rotatable bonds is 3. The molecule has 0 unspecified atom stereocenters. The first-order valence-electron chi connectivity index (χ1n) is 4.76. The van der Waals surface area contributed by atoms with Crippen LogP contribution in [0.5, 0.6) is 0 Å². The quantitative estimate of drug-likeness (QED) is 0.646. The zero-order chi connectivity index (χ0) is 13.3. The Balaban J connectivity index is 2.35. The van der Waals surface area contributed by atoms with Gasteiger partial charge >= 0.3 is 0 Å². The van der Waals surface area contributed by atoms with Crippen LogP contribution in [-0.4, -0.2) is 28.4 Å². The van der Waals surface area contributed by atoms with E-state index in [2.05, 4.69) is 20.0 Å². The largest absolute Gasteiger partial charge is 0.381 e. The molecule has 0 amide bonds. The number of sulfonamides is 1. The average molecular weight is 270 g/mol. The molecule has 2 aromatic heterocycles. The van der Waals surface area contributed by atoms with Gasteiger partial charge in [0.2, 0.25) is 0 Å². The number of nitrogen functional groups attached to an aromatic ring is 1. The normalized spacial score (nSPS) is 11.4. The van der Waals surface area contributed by atoms with E-state index in [1.807, 2.05) is 0 Å². The Morgan fingerprint density at radius 1 is 1.44 bits per heavy atom. The van der Waals surface area contributed by atoms with Gasteiger partial charge in [0.05, 0.1) is 0 Å². The van der Waals surface area contributed by atoms with Crippen molar-refractivity contribution < 1.29 is 8.42 Å². The first kappa shape index (κ1) is 12.1. The third kappa shape index (κ3) is 2.32. The van der Waals surface area contributed by atoms with Gasteiger partial charge in [-0.2, -0.15) is 10.2 Å². The molecule has 0 saturated carbocycles. The first-order valence-corrected chi connectivity index (χ1v) is 6.24. The monoisotopic (exact) mass is 270 g/mol. The van der Waals surface area contributed by atoms with Crippen LogP contribution in [0.1, 0.15) is 0 Å². The van der Waals surface area contributed by atoms with Crippen molar-refractivity contribution in [1.82, 2.24) is 20.0 Å². The van der Waals surface area contributed by atoms with E-state index in [1.165, 1.54) is 16.9 Å². The number of anilines is 2. The molecule has 0 aliphatic rings. The SMILES string of the molecule is Cn1cc(S(=O)(=O)Nc2ccc(=O)[nH]n2)c(N)n1. The summed E-state index contributed by atoms with van der Waals surface area (Å²) in [5, 5.41) is 9.37. The molecule has 0 bridgehead atoms. The number of nitrogens with one attached hydrogen (secondary N) is 2. The van der Waals surface area contributed by atoms with Crippen molar-refractivity contribution in [2.45, 2.75) is 4.90 Å². The van der Waals surface area contributed by atoms with Gasteiger partial charge in [-0.3, -0.25) is 14.2 Å². The lowest BCUT2D eigenvalue weighted by Gasteiger charge is -2.04. The fourth-order valence-electron chi connectivity index (χ4n) is 1.28. The molecule has 2 heterocycles. The summed E-state index contributed by atoms with van der Waals surface area (Å²) in [5.74, 6) is -0.132. The molecule has 0 aliphatic heterocycles. The minimum atomic E-state index is -3.88. The Labute approximate surface area is 102 Å². The highest BCUT2D eigenvalue weighted by Gasteiger charge is 2.21. The number of hydrogen-bond acceptors (Lipinski definition) is 6. The number of aromatic nitrogens is 4. The van der Waals surface area contributed by atoms with E-state index in [9.17, 15) is 13.2 Å². The second-order valence-electron chi connectivity index (χ2n) is 3.46. The molecule has 9 nitrogen and oxygen atoms in total. The second-order valence-corrected chi connectivity index (χ2v) is 5.12. The average Bonchev–Trinajstić information content (AvgIpc) is 2.62. The minimum Gasteiger partial charge on any atom is -0.381 e. The molecule has 10 heteroatoms. The van der Waals surface area contributed by atoms with Crippen LogP contribution in [-0.2, 0) is 17.1 Å². The molecule has 0 aliphatic carbocycles. The molecule has 96 valence electrons. The van der Waals surface area contributed by atoms with Gasteiger partial charge in [0, 0.05) is 19.3 Å². The van der Waals surface area contributed by atoms with Crippen molar-refractivity contribution in [3.05, 3.63) is 28.7 Å². The van der Waals surface area contributed by atoms with Crippen LogP contribution in [0.25, 0.3) is 0 Å². The van der Waals surface area contributed by atoms with Gasteiger partial charge in [-0.15, -0.1) is 0 Å². The smallest absolute Gasteiger partial charge is 0.268 e. The van der Waals surface area contributed by atoms with Crippen LogP contribution in [0.15, 0.2) is 28.0 Å². The van der Waals surface area contributed by atoms with E-state index < -0.39 is 15.6 Å². The second kappa shape index (κ2) is 4.14. The molecule has 4 N–H and O–H groups in total. The predicted octanol–water partition coefficient (Wildman–Crippen LogP) is -1.11. The molecule has 0 aromatic carbocycles. The van der Waals surface area contributed by atoms with E-state index in [1.54, 1.807) is 7.05 Å². The fraction of sp³-hybridized carbons (Fsp3) is 0.125. The summed E-state index contributed by atoms with van der Waals surface area (Å²) in [6, 6.07) is 2.39. The van der Waals surface area contributed by atoms with Crippen LogP contribution in [0.2, 0.25) is 0 Å². The summed E-state index contributed by atoms with van der Waals surface area (Å²) in [5.41, 5.74) is 5.04. The maximum absolute atomic E-state index is 11.9. The number of H-pyrrole nitrogens is 1. The maximum atomic E-state index is 11.9. The number of nitrogens with zero attached hydrogens (tertiary/aromatic N) is 3. The van der Waals surface area contributed by atoms with Crippen molar-refractivity contribution in [2.75, 3.05) is 10.5 Å². The number of aromatic amines is 1. The molecule has 2 aromatic rings. The van der Waals surface area contributed by atoms with Gasteiger partial charge in [0.1, 0.15) is 4.90 Å². The summed E-state index contributed by atoms with van der Waals surface area (Å²) in [6.07, 6.45) is 1.27. The van der Waals surface area contributed by atoms with Gasteiger partial charge in [-0.25, -0.2) is 13.5 Å². The van der Waals surface area contributed by atoms with E-state index in [4.69, 9.17) is 5.73 Å². The third-order valence-corrected chi connectivity index (χ3v) is 3.40. The maximum Gasteiger partial charge on any atom is 0.268 e. The number of nitrogens with two attached hydrogens (primary N) is 1. The Kier molecular flexibility index (Phi) is 2.79. The van der Waals surface area contributed by atoms with Crippen molar-refractivity contribution in [1.29, 1.82) is 0 Å². The topological polar surface area (TPSA) is 136 Å². The van der Waals surface area contributed by atoms with Crippen molar-refractivity contribution >= 4 is 21.7 Å². The lowest BCUT2D eigenvalue weighted by Crippen LogP contribution is -2.17.